The van der Waals surface area contributed by atoms with Crippen LogP contribution in [0.4, 0.5) is 0 Å². The molecule has 3 aliphatic rings. The Hall–Kier alpha value is -3.62. The molecule has 2 aliphatic heterocycles. The van der Waals surface area contributed by atoms with E-state index in [-0.39, 0.29) is 31.2 Å². The van der Waals surface area contributed by atoms with Crippen LogP contribution in [0, 0.1) is 11.8 Å². The van der Waals surface area contributed by atoms with Crippen molar-refractivity contribution in [2.24, 2.45) is 17.0 Å². The number of oxime groups is 1. The van der Waals surface area contributed by atoms with Gasteiger partial charge in [-0.1, -0.05) is 5.16 Å². The molecule has 0 unspecified atom stereocenters. The van der Waals surface area contributed by atoms with Crippen LogP contribution in [0.25, 0.3) is 0 Å². The largest absolute Gasteiger partial charge is 0.493 e. The van der Waals surface area contributed by atoms with Crippen LogP contribution >= 0.6 is 0 Å². The smallest absolute Gasteiger partial charge is 0.310 e. The molecule has 0 amide bonds. The van der Waals surface area contributed by atoms with Crippen molar-refractivity contribution in [1.29, 1.82) is 0 Å². The third kappa shape index (κ3) is 2.91. The molecule has 5 rings (SSSR count). The van der Waals surface area contributed by atoms with Gasteiger partial charge in [-0.15, -0.1) is 0 Å². The molecule has 2 aromatic rings. The Morgan fingerprint density at radius 2 is 1.59 bits per heavy atom. The van der Waals surface area contributed by atoms with Crippen molar-refractivity contribution in [3.8, 4) is 28.7 Å². The summed E-state index contributed by atoms with van der Waals surface area (Å²) in [7, 11) is 6.15. The fourth-order valence-electron chi connectivity index (χ4n) is 4.87. The number of benzene rings is 2. The minimum Gasteiger partial charge on any atom is -0.493 e. The number of cyclic esters (lactones) is 1. The zero-order valence-electron chi connectivity index (χ0n) is 18.2. The molecule has 0 N–H and O–H groups in total. The molecular formula is C23H23NO8. The van der Waals surface area contributed by atoms with Crippen LogP contribution in [0.1, 0.15) is 22.6 Å². The van der Waals surface area contributed by atoms with E-state index in [2.05, 4.69) is 5.16 Å². The fourth-order valence-corrected chi connectivity index (χ4v) is 4.87. The Morgan fingerprint density at radius 3 is 2.22 bits per heavy atom. The number of hydrogen-bond donors (Lipinski definition) is 0. The first kappa shape index (κ1) is 20.3. The minimum absolute atomic E-state index is 0.138. The maximum absolute atomic E-state index is 13.0. The summed E-state index contributed by atoms with van der Waals surface area (Å²) in [5.74, 6) is 1.30. The van der Waals surface area contributed by atoms with Gasteiger partial charge >= 0.3 is 5.97 Å². The lowest BCUT2D eigenvalue weighted by Gasteiger charge is -2.34. The number of carbonyl (C=O) groups excluding carboxylic acids is 1. The first-order valence-electron chi connectivity index (χ1n) is 10.1. The summed E-state index contributed by atoms with van der Waals surface area (Å²) < 4.78 is 33.3. The highest BCUT2D eigenvalue weighted by Crippen LogP contribution is 2.52. The number of ether oxygens (including phenoxy) is 6. The summed E-state index contributed by atoms with van der Waals surface area (Å²) in [5, 5.41) is 4.27. The van der Waals surface area contributed by atoms with Gasteiger partial charge < -0.3 is 33.3 Å². The van der Waals surface area contributed by atoms with Crippen molar-refractivity contribution in [1.82, 2.24) is 0 Å². The molecule has 1 aliphatic carbocycles. The van der Waals surface area contributed by atoms with Crippen LogP contribution in [0.15, 0.2) is 29.4 Å². The van der Waals surface area contributed by atoms with E-state index in [1.807, 2.05) is 24.3 Å². The molecule has 168 valence electrons. The van der Waals surface area contributed by atoms with Crippen molar-refractivity contribution in [3.05, 3.63) is 41.0 Å². The summed E-state index contributed by atoms with van der Waals surface area (Å²) >= 11 is 0. The van der Waals surface area contributed by atoms with Gasteiger partial charge in [0.25, 0.3) is 0 Å². The highest BCUT2D eigenvalue weighted by Gasteiger charge is 2.51. The Morgan fingerprint density at radius 1 is 0.906 bits per heavy atom. The molecular weight excluding hydrogens is 418 g/mol. The number of methoxy groups -OCH3 is 3. The molecule has 0 aromatic heterocycles. The second kappa shape index (κ2) is 7.81. The normalized spacial score (nSPS) is 23.9. The lowest BCUT2D eigenvalue weighted by Crippen LogP contribution is -2.36. The summed E-state index contributed by atoms with van der Waals surface area (Å²) in [6.07, 6.45) is 0. The first-order chi connectivity index (χ1) is 15.6. The molecule has 9 nitrogen and oxygen atoms in total. The highest BCUT2D eigenvalue weighted by molar-refractivity contribution is 6.08. The SMILES string of the molecule is CON=C1c2cc3c(cc2[C@@H](c2cc(OC)c(OC)c(OC)c2)[C@@H]2C(=O)OC[C@H]12)OCO3. The van der Waals surface area contributed by atoms with Gasteiger partial charge in [0.2, 0.25) is 12.5 Å². The van der Waals surface area contributed by atoms with Gasteiger partial charge in [0.05, 0.1) is 38.9 Å². The quantitative estimate of drug-likeness (QED) is 0.517. The van der Waals surface area contributed by atoms with Gasteiger partial charge in [0.15, 0.2) is 23.0 Å². The summed E-state index contributed by atoms with van der Waals surface area (Å²) in [5.41, 5.74) is 3.17. The van der Waals surface area contributed by atoms with Crippen molar-refractivity contribution in [2.45, 2.75) is 5.92 Å². The Labute approximate surface area is 184 Å². The average Bonchev–Trinajstić information content (AvgIpc) is 3.43. The summed E-state index contributed by atoms with van der Waals surface area (Å²) in [4.78, 5) is 18.1. The molecule has 0 saturated carbocycles. The third-order valence-corrected chi connectivity index (χ3v) is 6.21. The van der Waals surface area contributed by atoms with Crippen LogP contribution in [-0.2, 0) is 14.4 Å². The summed E-state index contributed by atoms with van der Waals surface area (Å²) in [6, 6.07) is 7.51. The molecule has 0 spiro atoms. The molecule has 9 heteroatoms. The lowest BCUT2D eigenvalue weighted by atomic mass is 9.66. The molecule has 1 fully saturated rings. The first-order valence-corrected chi connectivity index (χ1v) is 10.1. The third-order valence-electron chi connectivity index (χ3n) is 6.21. The Kier molecular flexibility index (Phi) is 4.96. The van der Waals surface area contributed by atoms with Gasteiger partial charge in [-0.2, -0.15) is 0 Å². The number of esters is 1. The standard InChI is InChI=1S/C23H23NO8/c1-26-17-5-11(6-18(27-2)22(17)28-3)19-12-7-15-16(32-10-31-15)8-13(12)21(24-29-4)14-9-30-23(25)20(14)19/h5-8,14,19-20H,9-10H2,1-4H3/t14-,19+,20+/m0/s1. The van der Waals surface area contributed by atoms with E-state index >= 15 is 0 Å². The van der Waals surface area contributed by atoms with E-state index in [0.717, 1.165) is 16.7 Å². The molecule has 1 saturated heterocycles. The van der Waals surface area contributed by atoms with Crippen molar-refractivity contribution in [3.63, 3.8) is 0 Å². The number of rotatable bonds is 5. The molecule has 3 atom stereocenters. The molecule has 2 heterocycles. The Balaban J connectivity index is 1.77. The topological polar surface area (TPSA) is 94.0 Å². The Bertz CT molecular complexity index is 1090. The average molecular weight is 441 g/mol. The van der Waals surface area contributed by atoms with Gasteiger partial charge in [0, 0.05) is 11.5 Å². The zero-order valence-corrected chi connectivity index (χ0v) is 18.2. The van der Waals surface area contributed by atoms with Crippen LogP contribution in [0.3, 0.4) is 0 Å². The summed E-state index contributed by atoms with van der Waals surface area (Å²) in [6.45, 7) is 0.360. The molecule has 0 radical (unpaired) electrons. The number of carbonyl (C=O) groups is 1. The van der Waals surface area contributed by atoms with Gasteiger partial charge in [-0.25, -0.2) is 0 Å². The lowest BCUT2D eigenvalue weighted by molar-refractivity contribution is -0.141. The predicted molar refractivity (Wildman–Crippen MR) is 112 cm³/mol. The molecule has 0 bridgehead atoms. The molecule has 32 heavy (non-hydrogen) atoms. The monoisotopic (exact) mass is 441 g/mol. The van der Waals surface area contributed by atoms with Crippen LogP contribution in [0.5, 0.6) is 28.7 Å². The van der Waals surface area contributed by atoms with E-state index in [1.54, 1.807) is 21.3 Å². The van der Waals surface area contributed by atoms with Crippen LogP contribution < -0.4 is 23.7 Å². The highest BCUT2D eigenvalue weighted by atomic mass is 16.7. The predicted octanol–water partition coefficient (Wildman–Crippen LogP) is 2.73. The number of fused-ring (bicyclic) bond motifs is 3. The zero-order chi connectivity index (χ0) is 22.4. The fraction of sp³-hybridized carbons (Fsp3) is 0.391. The van der Waals surface area contributed by atoms with E-state index in [4.69, 9.17) is 33.3 Å². The molecule has 2 aromatic carbocycles. The van der Waals surface area contributed by atoms with Crippen molar-refractivity contribution >= 4 is 11.7 Å². The minimum atomic E-state index is -0.500. The van der Waals surface area contributed by atoms with E-state index in [1.165, 1.54) is 7.11 Å². The maximum Gasteiger partial charge on any atom is 0.310 e. The van der Waals surface area contributed by atoms with E-state index < -0.39 is 5.92 Å². The van der Waals surface area contributed by atoms with E-state index in [0.29, 0.717) is 34.5 Å². The number of nitrogens with zero attached hydrogens (tertiary/aromatic N) is 1. The maximum atomic E-state index is 13.0. The van der Waals surface area contributed by atoms with Crippen molar-refractivity contribution in [2.75, 3.05) is 41.8 Å². The second-order valence-electron chi connectivity index (χ2n) is 7.65. The van der Waals surface area contributed by atoms with Gasteiger partial charge in [-0.05, 0) is 35.4 Å². The van der Waals surface area contributed by atoms with Gasteiger partial charge in [-0.3, -0.25) is 4.79 Å². The van der Waals surface area contributed by atoms with Crippen LogP contribution in [0.2, 0.25) is 0 Å². The van der Waals surface area contributed by atoms with Crippen molar-refractivity contribution < 1.29 is 38.1 Å². The van der Waals surface area contributed by atoms with E-state index in [9.17, 15) is 4.79 Å². The van der Waals surface area contributed by atoms with Crippen LogP contribution in [-0.4, -0.2) is 53.5 Å². The number of hydrogen-bond acceptors (Lipinski definition) is 9. The van der Waals surface area contributed by atoms with Gasteiger partial charge in [0.1, 0.15) is 13.7 Å². The second-order valence-corrected chi connectivity index (χ2v) is 7.65.